The van der Waals surface area contributed by atoms with Gasteiger partial charge in [-0.3, -0.25) is 10.1 Å². The van der Waals surface area contributed by atoms with Gasteiger partial charge in [0, 0.05) is 25.1 Å². The average Bonchev–Trinajstić information content (AvgIpc) is 2.76. The summed E-state index contributed by atoms with van der Waals surface area (Å²) in [5.74, 6) is 0.291. The smallest absolute Gasteiger partial charge is 0.416 e. The third-order valence-corrected chi connectivity index (χ3v) is 4.69. The zero-order valence-electron chi connectivity index (χ0n) is 16.5. The van der Waals surface area contributed by atoms with Crippen molar-refractivity contribution in [3.8, 4) is 5.75 Å². The summed E-state index contributed by atoms with van der Waals surface area (Å²) >= 11 is 0. The van der Waals surface area contributed by atoms with Gasteiger partial charge in [-0.2, -0.15) is 13.2 Å². The number of nitrogens with zero attached hydrogens (tertiary/aromatic N) is 1. The largest absolute Gasteiger partial charge is 0.486 e. The Morgan fingerprint density at radius 3 is 2.16 bits per heavy atom. The molecule has 0 radical (unpaired) electrons. The van der Waals surface area contributed by atoms with E-state index in [9.17, 15) is 23.3 Å². The molecular weight excluding hydrogens is 409 g/mol. The van der Waals surface area contributed by atoms with E-state index in [1.54, 1.807) is 12.1 Å². The van der Waals surface area contributed by atoms with Crippen LogP contribution in [0.15, 0.2) is 78.9 Å². The third kappa shape index (κ3) is 6.55. The highest BCUT2D eigenvalue weighted by Crippen LogP contribution is 2.32. The quantitative estimate of drug-likeness (QED) is 0.260. The Morgan fingerprint density at radius 1 is 0.935 bits per heavy atom. The van der Waals surface area contributed by atoms with E-state index < -0.39 is 22.8 Å². The van der Waals surface area contributed by atoms with Gasteiger partial charge in [0.1, 0.15) is 11.9 Å². The summed E-state index contributed by atoms with van der Waals surface area (Å²) in [7, 11) is 0. The molecule has 0 aliphatic rings. The van der Waals surface area contributed by atoms with Gasteiger partial charge in [-0.25, -0.2) is 0 Å². The summed E-state index contributed by atoms with van der Waals surface area (Å²) < 4.78 is 44.3. The summed E-state index contributed by atoms with van der Waals surface area (Å²) in [5, 5.41) is 14.2. The van der Waals surface area contributed by atoms with Gasteiger partial charge in [-0.1, -0.05) is 30.3 Å². The van der Waals surface area contributed by atoms with E-state index in [4.69, 9.17) is 4.74 Å². The first-order chi connectivity index (χ1) is 14.8. The molecule has 8 heteroatoms. The van der Waals surface area contributed by atoms with Crippen LogP contribution >= 0.6 is 0 Å². The maximum atomic E-state index is 12.8. The number of benzene rings is 3. The van der Waals surface area contributed by atoms with Gasteiger partial charge in [0.15, 0.2) is 0 Å². The first kappa shape index (κ1) is 22.3. The molecule has 0 bridgehead atoms. The van der Waals surface area contributed by atoms with E-state index >= 15 is 0 Å². The van der Waals surface area contributed by atoms with E-state index in [1.807, 2.05) is 30.3 Å². The molecule has 1 N–H and O–H groups in total. The number of hydrogen-bond acceptors (Lipinski definition) is 4. The topological polar surface area (TPSA) is 64.4 Å². The van der Waals surface area contributed by atoms with Crippen molar-refractivity contribution < 1.29 is 22.8 Å². The first-order valence-electron chi connectivity index (χ1n) is 9.66. The number of non-ortho nitro benzene ring substituents is 1. The van der Waals surface area contributed by atoms with Crippen LogP contribution in [0.2, 0.25) is 0 Å². The molecule has 5 nitrogen and oxygen atoms in total. The monoisotopic (exact) mass is 430 g/mol. The van der Waals surface area contributed by atoms with Crippen LogP contribution in [0.1, 0.15) is 29.2 Å². The van der Waals surface area contributed by atoms with Gasteiger partial charge < -0.3 is 10.1 Å². The second-order valence-electron chi connectivity index (χ2n) is 6.93. The Kier molecular flexibility index (Phi) is 7.25. The van der Waals surface area contributed by atoms with Crippen LogP contribution < -0.4 is 10.1 Å². The average molecular weight is 430 g/mol. The Balaban J connectivity index is 1.69. The minimum absolute atomic E-state index is 0.0424. The molecular formula is C23H21F3N2O3. The lowest BCUT2D eigenvalue weighted by Crippen LogP contribution is -2.19. The second kappa shape index (κ2) is 10.1. The molecule has 0 aliphatic carbocycles. The van der Waals surface area contributed by atoms with Gasteiger partial charge in [-0.05, 0) is 54.1 Å². The molecule has 0 saturated carbocycles. The van der Waals surface area contributed by atoms with Gasteiger partial charge >= 0.3 is 6.18 Å². The molecule has 3 rings (SSSR count). The summed E-state index contributed by atoms with van der Waals surface area (Å²) in [5.41, 5.74) is 1.03. The molecule has 0 spiro atoms. The lowest BCUT2D eigenvalue weighted by molar-refractivity contribution is -0.384. The summed E-state index contributed by atoms with van der Waals surface area (Å²) in [6.07, 6.45) is -4.38. The molecule has 1 atom stereocenters. The number of nitro groups is 1. The number of nitrogens with one attached hydrogen (secondary N) is 1. The maximum Gasteiger partial charge on any atom is 0.416 e. The van der Waals surface area contributed by atoms with E-state index in [1.165, 1.54) is 24.3 Å². The molecule has 0 saturated heterocycles. The highest BCUT2D eigenvalue weighted by Gasteiger charge is 2.30. The number of ether oxygens (including phenoxy) is 1. The third-order valence-electron chi connectivity index (χ3n) is 4.69. The minimum atomic E-state index is -4.42. The van der Waals surface area contributed by atoms with Crippen molar-refractivity contribution in [1.29, 1.82) is 0 Å². The predicted molar refractivity (Wildman–Crippen MR) is 111 cm³/mol. The SMILES string of the molecule is O=[N+]([O-])c1ccc(C(CCNCc2ccccc2)Oc2ccc(C(F)(F)F)cc2)cc1. The molecule has 3 aromatic carbocycles. The van der Waals surface area contributed by atoms with Gasteiger partial charge in [0.05, 0.1) is 10.5 Å². The molecule has 0 amide bonds. The molecule has 0 aromatic heterocycles. The molecule has 1 unspecified atom stereocenters. The highest BCUT2D eigenvalue weighted by molar-refractivity contribution is 5.35. The maximum absolute atomic E-state index is 12.8. The predicted octanol–water partition coefficient (Wildman–Crippen LogP) is 5.91. The Hall–Kier alpha value is -3.39. The van der Waals surface area contributed by atoms with Crippen LogP contribution in [0, 0.1) is 10.1 Å². The second-order valence-corrected chi connectivity index (χ2v) is 6.93. The van der Waals surface area contributed by atoms with Crippen molar-refractivity contribution in [1.82, 2.24) is 5.32 Å². The zero-order chi connectivity index (χ0) is 22.3. The fraction of sp³-hybridized carbons (Fsp3) is 0.217. The van der Waals surface area contributed by atoms with Crippen LogP contribution in [-0.2, 0) is 12.7 Å². The van der Waals surface area contributed by atoms with E-state index in [2.05, 4.69) is 5.32 Å². The zero-order valence-corrected chi connectivity index (χ0v) is 16.5. The van der Waals surface area contributed by atoms with Crippen molar-refractivity contribution in [2.45, 2.75) is 25.2 Å². The van der Waals surface area contributed by atoms with Crippen molar-refractivity contribution in [3.05, 3.63) is 106 Å². The standard InChI is InChI=1S/C23H21F3N2O3/c24-23(25,26)19-8-12-21(13-9-19)31-22(18-6-10-20(11-7-18)28(29)30)14-15-27-16-17-4-2-1-3-5-17/h1-13,22,27H,14-16H2. The first-order valence-corrected chi connectivity index (χ1v) is 9.66. The van der Waals surface area contributed by atoms with Gasteiger partial charge in [-0.15, -0.1) is 0 Å². The van der Waals surface area contributed by atoms with Gasteiger partial charge in [0.25, 0.3) is 5.69 Å². The van der Waals surface area contributed by atoms with Crippen LogP contribution in [0.5, 0.6) is 5.75 Å². The number of rotatable bonds is 9. The van der Waals surface area contributed by atoms with E-state index in [0.717, 1.165) is 17.7 Å². The van der Waals surface area contributed by atoms with Crippen LogP contribution in [0.25, 0.3) is 0 Å². The highest BCUT2D eigenvalue weighted by atomic mass is 19.4. The summed E-state index contributed by atoms with van der Waals surface area (Å²) in [4.78, 5) is 10.4. The van der Waals surface area contributed by atoms with Crippen molar-refractivity contribution in [3.63, 3.8) is 0 Å². The van der Waals surface area contributed by atoms with Gasteiger partial charge in [0.2, 0.25) is 0 Å². The van der Waals surface area contributed by atoms with Crippen LogP contribution in [0.3, 0.4) is 0 Å². The Labute approximate surface area is 177 Å². The normalized spacial score (nSPS) is 12.4. The van der Waals surface area contributed by atoms with Crippen LogP contribution in [-0.4, -0.2) is 11.5 Å². The summed E-state index contributed by atoms with van der Waals surface area (Å²) in [6, 6.07) is 20.3. The van der Waals surface area contributed by atoms with Crippen molar-refractivity contribution in [2.75, 3.05) is 6.54 Å². The molecule has 0 heterocycles. The number of halogens is 3. The summed E-state index contributed by atoms with van der Waals surface area (Å²) in [6.45, 7) is 1.24. The lowest BCUT2D eigenvalue weighted by Gasteiger charge is -2.20. The molecule has 162 valence electrons. The van der Waals surface area contributed by atoms with Crippen LogP contribution in [0.4, 0.5) is 18.9 Å². The number of hydrogen-bond donors (Lipinski definition) is 1. The minimum Gasteiger partial charge on any atom is -0.486 e. The van der Waals surface area contributed by atoms with Crippen molar-refractivity contribution in [2.24, 2.45) is 0 Å². The van der Waals surface area contributed by atoms with Crippen molar-refractivity contribution >= 4 is 5.69 Å². The van der Waals surface area contributed by atoms with E-state index in [0.29, 0.717) is 30.8 Å². The molecule has 3 aromatic rings. The molecule has 31 heavy (non-hydrogen) atoms. The molecule has 0 aliphatic heterocycles. The Morgan fingerprint density at radius 2 is 1.58 bits per heavy atom. The number of alkyl halides is 3. The fourth-order valence-corrected chi connectivity index (χ4v) is 3.05. The Bertz CT molecular complexity index is 976. The molecule has 0 fully saturated rings. The number of nitro benzene ring substituents is 1. The fourth-order valence-electron chi connectivity index (χ4n) is 3.05. The lowest BCUT2D eigenvalue weighted by atomic mass is 10.1. The van der Waals surface area contributed by atoms with E-state index in [-0.39, 0.29) is 5.69 Å².